The summed E-state index contributed by atoms with van der Waals surface area (Å²) in [5.41, 5.74) is 0.861. The second-order valence-electron chi connectivity index (χ2n) is 5.75. The lowest BCUT2D eigenvalue weighted by Crippen LogP contribution is -2.60. The maximum Gasteiger partial charge on any atom is 0.410 e. The second-order valence-corrected chi connectivity index (χ2v) is 7.35. The quantitative estimate of drug-likeness (QED) is 0.549. The molecule has 1 aromatic carbocycles. The smallest absolute Gasteiger partial charge is 0.410 e. The Morgan fingerprint density at radius 2 is 1.88 bits per heavy atom. The maximum absolute atomic E-state index is 12.3. The summed E-state index contributed by atoms with van der Waals surface area (Å²) in [4.78, 5) is 13.7. The van der Waals surface area contributed by atoms with Crippen LogP contribution in [0.2, 0.25) is 0 Å². The van der Waals surface area contributed by atoms with Crippen LogP contribution in [-0.2, 0) is 35.1 Å². The number of nitrogens with zero attached hydrogens (tertiary/aromatic N) is 1. The van der Waals surface area contributed by atoms with Crippen molar-refractivity contribution in [2.45, 2.75) is 24.9 Å². The van der Waals surface area contributed by atoms with Gasteiger partial charge >= 0.3 is 6.09 Å². The van der Waals surface area contributed by atoms with Gasteiger partial charge in [-0.3, -0.25) is 4.18 Å². The fourth-order valence-electron chi connectivity index (χ4n) is 2.72. The first-order chi connectivity index (χ1) is 11.8. The number of carbonyl (C=O) groups is 1. The zero-order valence-corrected chi connectivity index (χ0v) is 15.3. The molecule has 1 amide bonds. The molecule has 0 N–H and O–H groups in total. The molecule has 9 heteroatoms. The number of piperidine rings is 1. The topological polar surface area (TPSA) is 91.4 Å². The van der Waals surface area contributed by atoms with Crippen molar-refractivity contribution in [3.8, 4) is 0 Å². The van der Waals surface area contributed by atoms with E-state index in [0.29, 0.717) is 6.54 Å². The molecular formula is C16H23NO7S. The zero-order chi connectivity index (χ0) is 18.5. The molecule has 1 saturated heterocycles. The van der Waals surface area contributed by atoms with Crippen LogP contribution in [0.1, 0.15) is 12.0 Å². The number of ether oxygens (including phenoxy) is 3. The normalized spacial score (nSPS) is 20.3. The first-order valence-corrected chi connectivity index (χ1v) is 9.55. The highest BCUT2D eigenvalue weighted by Gasteiger charge is 2.48. The number of hydrogen-bond donors (Lipinski definition) is 0. The van der Waals surface area contributed by atoms with Gasteiger partial charge in [-0.2, -0.15) is 8.42 Å². The van der Waals surface area contributed by atoms with Crippen LogP contribution in [0.3, 0.4) is 0 Å². The van der Waals surface area contributed by atoms with Gasteiger partial charge in [0.1, 0.15) is 12.7 Å². The Kier molecular flexibility index (Phi) is 6.39. The number of hydrogen-bond acceptors (Lipinski definition) is 7. The number of amides is 1. The Morgan fingerprint density at radius 1 is 1.24 bits per heavy atom. The molecule has 2 rings (SSSR count). The minimum absolute atomic E-state index is 0.0254. The summed E-state index contributed by atoms with van der Waals surface area (Å²) in [5.74, 6) is -1.24. The number of carbonyl (C=O) groups excluding carboxylic acids is 1. The number of rotatable bonds is 6. The standard InChI is InChI=1S/C16H23NO7S/c1-21-16(22-2)9-10-17(11-14(16)24-25(3,19)20)15(18)23-12-13-7-5-4-6-8-13/h4-8,14H,9-12H2,1-3H3. The highest BCUT2D eigenvalue weighted by molar-refractivity contribution is 7.86. The molecule has 1 atom stereocenters. The first kappa shape index (κ1) is 19.6. The van der Waals surface area contributed by atoms with E-state index in [4.69, 9.17) is 18.4 Å². The summed E-state index contributed by atoms with van der Waals surface area (Å²) in [7, 11) is -0.942. The SMILES string of the molecule is COC1(OC)CCN(C(=O)OCc2ccccc2)CC1OS(C)(=O)=O. The molecule has 0 aliphatic carbocycles. The average molecular weight is 373 g/mol. The molecule has 1 aliphatic heterocycles. The van der Waals surface area contributed by atoms with Crippen molar-refractivity contribution in [2.75, 3.05) is 33.6 Å². The van der Waals surface area contributed by atoms with E-state index in [1.165, 1.54) is 19.1 Å². The van der Waals surface area contributed by atoms with Gasteiger partial charge < -0.3 is 19.1 Å². The van der Waals surface area contributed by atoms with E-state index in [0.717, 1.165) is 11.8 Å². The third-order valence-electron chi connectivity index (χ3n) is 4.05. The van der Waals surface area contributed by atoms with E-state index in [1.54, 1.807) is 0 Å². The van der Waals surface area contributed by atoms with E-state index in [9.17, 15) is 13.2 Å². The highest BCUT2D eigenvalue weighted by Crippen LogP contribution is 2.30. The number of likely N-dealkylation sites (tertiary alicyclic amines) is 1. The molecule has 1 fully saturated rings. The average Bonchev–Trinajstić information content (AvgIpc) is 2.59. The third-order valence-corrected chi connectivity index (χ3v) is 4.63. The Labute approximate surface area is 147 Å². The van der Waals surface area contributed by atoms with Gasteiger partial charge in [0, 0.05) is 27.2 Å². The predicted molar refractivity (Wildman–Crippen MR) is 89.3 cm³/mol. The van der Waals surface area contributed by atoms with Crippen LogP contribution in [0.4, 0.5) is 4.79 Å². The minimum atomic E-state index is -3.76. The van der Waals surface area contributed by atoms with Crippen molar-refractivity contribution >= 4 is 16.2 Å². The van der Waals surface area contributed by atoms with Crippen molar-refractivity contribution in [3.63, 3.8) is 0 Å². The molecule has 0 spiro atoms. The molecule has 140 valence electrons. The third kappa shape index (κ3) is 5.15. The van der Waals surface area contributed by atoms with Crippen LogP contribution in [0.25, 0.3) is 0 Å². The van der Waals surface area contributed by atoms with Crippen molar-refractivity contribution < 1.29 is 31.6 Å². The largest absolute Gasteiger partial charge is 0.445 e. The molecule has 0 saturated carbocycles. The fraction of sp³-hybridized carbons (Fsp3) is 0.562. The Hall–Kier alpha value is -1.68. The van der Waals surface area contributed by atoms with Crippen LogP contribution in [0.5, 0.6) is 0 Å². The number of benzene rings is 1. The Morgan fingerprint density at radius 3 is 2.44 bits per heavy atom. The summed E-state index contributed by atoms with van der Waals surface area (Å²) in [6.07, 6.45) is -0.349. The van der Waals surface area contributed by atoms with Gasteiger partial charge in [-0.15, -0.1) is 0 Å². The van der Waals surface area contributed by atoms with Gasteiger partial charge in [0.05, 0.1) is 12.8 Å². The summed E-state index contributed by atoms with van der Waals surface area (Å²) in [6.45, 7) is 0.398. The molecule has 1 unspecified atom stereocenters. The summed E-state index contributed by atoms with van der Waals surface area (Å²) < 4.78 is 44.2. The van der Waals surface area contributed by atoms with Crippen LogP contribution in [-0.4, -0.2) is 64.9 Å². The second kappa shape index (κ2) is 8.13. The van der Waals surface area contributed by atoms with E-state index < -0.39 is 28.1 Å². The van der Waals surface area contributed by atoms with E-state index in [-0.39, 0.29) is 19.6 Å². The Balaban J connectivity index is 2.04. The van der Waals surface area contributed by atoms with Crippen molar-refractivity contribution in [1.29, 1.82) is 0 Å². The molecule has 25 heavy (non-hydrogen) atoms. The Bertz CT molecular complexity index is 673. The van der Waals surface area contributed by atoms with Gasteiger partial charge in [-0.05, 0) is 5.56 Å². The molecule has 1 heterocycles. The molecule has 1 aliphatic rings. The predicted octanol–water partition coefficient (Wildman–Crippen LogP) is 1.36. The lowest BCUT2D eigenvalue weighted by Gasteiger charge is -2.44. The fourth-order valence-corrected chi connectivity index (χ4v) is 3.35. The van der Waals surface area contributed by atoms with Crippen LogP contribution < -0.4 is 0 Å². The van der Waals surface area contributed by atoms with Crippen molar-refractivity contribution in [2.24, 2.45) is 0 Å². The van der Waals surface area contributed by atoms with Gasteiger partial charge in [-0.25, -0.2) is 4.79 Å². The molecule has 8 nitrogen and oxygen atoms in total. The molecule has 0 bridgehead atoms. The monoisotopic (exact) mass is 373 g/mol. The molecule has 1 aromatic rings. The molecule has 0 aromatic heterocycles. The van der Waals surface area contributed by atoms with Crippen LogP contribution in [0, 0.1) is 0 Å². The van der Waals surface area contributed by atoms with Gasteiger partial charge in [0.25, 0.3) is 10.1 Å². The summed E-state index contributed by atoms with van der Waals surface area (Å²) in [6, 6.07) is 9.27. The highest BCUT2D eigenvalue weighted by atomic mass is 32.2. The van der Waals surface area contributed by atoms with Crippen LogP contribution in [0.15, 0.2) is 30.3 Å². The lowest BCUT2D eigenvalue weighted by atomic mass is 10.0. The van der Waals surface area contributed by atoms with E-state index >= 15 is 0 Å². The van der Waals surface area contributed by atoms with Gasteiger partial charge in [0.15, 0.2) is 5.79 Å². The van der Waals surface area contributed by atoms with E-state index in [1.807, 2.05) is 30.3 Å². The summed E-state index contributed by atoms with van der Waals surface area (Å²) >= 11 is 0. The molecular weight excluding hydrogens is 350 g/mol. The zero-order valence-electron chi connectivity index (χ0n) is 14.5. The first-order valence-electron chi connectivity index (χ1n) is 7.74. The lowest BCUT2D eigenvalue weighted by molar-refractivity contribution is -0.269. The maximum atomic E-state index is 12.3. The number of methoxy groups -OCH3 is 2. The minimum Gasteiger partial charge on any atom is -0.445 e. The van der Waals surface area contributed by atoms with Crippen LogP contribution >= 0.6 is 0 Å². The van der Waals surface area contributed by atoms with Crippen molar-refractivity contribution in [3.05, 3.63) is 35.9 Å². The molecule has 0 radical (unpaired) electrons. The van der Waals surface area contributed by atoms with Gasteiger partial charge in [-0.1, -0.05) is 30.3 Å². The summed E-state index contributed by atoms with van der Waals surface area (Å²) in [5, 5.41) is 0. The van der Waals surface area contributed by atoms with E-state index in [2.05, 4.69) is 0 Å². The van der Waals surface area contributed by atoms with Crippen molar-refractivity contribution in [1.82, 2.24) is 4.90 Å². The van der Waals surface area contributed by atoms with Gasteiger partial charge in [0.2, 0.25) is 0 Å².